The summed E-state index contributed by atoms with van der Waals surface area (Å²) in [5, 5.41) is 2.79. The average Bonchev–Trinajstić information content (AvgIpc) is 2.91. The van der Waals surface area contributed by atoms with Crippen molar-refractivity contribution in [2.75, 3.05) is 7.11 Å². The van der Waals surface area contributed by atoms with Crippen LogP contribution in [-0.4, -0.2) is 18.8 Å². The van der Waals surface area contributed by atoms with Crippen molar-refractivity contribution in [2.45, 2.75) is 39.7 Å². The standard InChI is InChI=1S/C19H22FNO3S/c1-11-9-15(13(3)25-11)17(22)6-8-19(23)21-12(2)14-5-7-18(24-4)16(20)10-14/h5,7,9-10,12H,6,8H2,1-4H3,(H,21,23). The van der Waals surface area contributed by atoms with Crippen molar-refractivity contribution < 1.29 is 18.7 Å². The Morgan fingerprint density at radius 1 is 1.24 bits per heavy atom. The summed E-state index contributed by atoms with van der Waals surface area (Å²) in [6.45, 7) is 5.63. The molecular weight excluding hydrogens is 341 g/mol. The van der Waals surface area contributed by atoms with Gasteiger partial charge in [-0.2, -0.15) is 0 Å². The minimum atomic E-state index is -0.473. The molecule has 0 saturated heterocycles. The predicted molar refractivity (Wildman–Crippen MR) is 96.9 cm³/mol. The van der Waals surface area contributed by atoms with Crippen molar-refractivity contribution in [1.82, 2.24) is 5.32 Å². The van der Waals surface area contributed by atoms with Gasteiger partial charge < -0.3 is 10.1 Å². The van der Waals surface area contributed by atoms with E-state index in [2.05, 4.69) is 5.32 Å². The first-order valence-corrected chi connectivity index (χ1v) is 8.86. The van der Waals surface area contributed by atoms with Gasteiger partial charge in [-0.05, 0) is 44.5 Å². The summed E-state index contributed by atoms with van der Waals surface area (Å²) in [5.41, 5.74) is 1.34. The summed E-state index contributed by atoms with van der Waals surface area (Å²) in [6.07, 6.45) is 0.267. The number of benzene rings is 1. The van der Waals surface area contributed by atoms with Crippen molar-refractivity contribution in [2.24, 2.45) is 0 Å². The molecule has 0 fully saturated rings. The molecule has 1 atom stereocenters. The molecule has 0 spiro atoms. The van der Waals surface area contributed by atoms with Crippen LogP contribution in [0.15, 0.2) is 24.3 Å². The molecule has 1 amide bonds. The van der Waals surface area contributed by atoms with Gasteiger partial charge in [0.25, 0.3) is 0 Å². The number of rotatable bonds is 7. The molecule has 6 heteroatoms. The van der Waals surface area contributed by atoms with Crippen molar-refractivity contribution >= 4 is 23.0 Å². The van der Waals surface area contributed by atoms with Crippen LogP contribution < -0.4 is 10.1 Å². The first-order chi connectivity index (χ1) is 11.8. The van der Waals surface area contributed by atoms with Crippen LogP contribution in [0.2, 0.25) is 0 Å². The molecule has 0 aliphatic rings. The molecule has 0 radical (unpaired) electrons. The fraction of sp³-hybridized carbons (Fsp3) is 0.368. The van der Waals surface area contributed by atoms with Crippen LogP contribution in [0.4, 0.5) is 4.39 Å². The van der Waals surface area contributed by atoms with Gasteiger partial charge in [-0.15, -0.1) is 11.3 Å². The Bertz CT molecular complexity index is 785. The van der Waals surface area contributed by atoms with Gasteiger partial charge in [-0.3, -0.25) is 9.59 Å². The zero-order chi connectivity index (χ0) is 18.6. The number of halogens is 1. The number of hydrogen-bond donors (Lipinski definition) is 1. The molecule has 2 rings (SSSR count). The third kappa shape index (κ3) is 4.89. The second-order valence-corrected chi connectivity index (χ2v) is 7.39. The molecular formula is C19H22FNO3S. The SMILES string of the molecule is COc1ccc(C(C)NC(=O)CCC(=O)c2cc(C)sc2C)cc1F. The fourth-order valence-electron chi connectivity index (χ4n) is 2.62. The van der Waals surface area contributed by atoms with E-state index in [0.717, 1.165) is 9.75 Å². The molecule has 0 aliphatic carbocycles. The molecule has 4 nitrogen and oxygen atoms in total. The molecule has 1 heterocycles. The maximum atomic E-state index is 13.7. The number of amides is 1. The Kier molecular flexibility index (Phi) is 6.31. The van der Waals surface area contributed by atoms with E-state index in [0.29, 0.717) is 11.1 Å². The van der Waals surface area contributed by atoms with Gasteiger partial charge in [0.2, 0.25) is 5.91 Å². The van der Waals surface area contributed by atoms with E-state index in [9.17, 15) is 14.0 Å². The molecule has 1 N–H and O–H groups in total. The first kappa shape index (κ1) is 19.1. The van der Waals surface area contributed by atoms with Gasteiger partial charge in [0.05, 0.1) is 13.2 Å². The highest BCUT2D eigenvalue weighted by Crippen LogP contribution is 2.23. The lowest BCUT2D eigenvalue weighted by Gasteiger charge is -2.15. The number of carbonyl (C=O) groups is 2. The molecule has 2 aromatic rings. The van der Waals surface area contributed by atoms with Crippen molar-refractivity contribution in [3.63, 3.8) is 0 Å². The Labute approximate surface area is 151 Å². The number of ketones is 1. The first-order valence-electron chi connectivity index (χ1n) is 8.05. The topological polar surface area (TPSA) is 55.4 Å². The normalized spacial score (nSPS) is 11.9. The van der Waals surface area contributed by atoms with Crippen LogP contribution >= 0.6 is 11.3 Å². The number of carbonyl (C=O) groups excluding carboxylic acids is 2. The largest absolute Gasteiger partial charge is 0.494 e. The van der Waals surface area contributed by atoms with E-state index in [1.54, 1.807) is 24.3 Å². The molecule has 0 aliphatic heterocycles. The van der Waals surface area contributed by atoms with Crippen molar-refractivity contribution in [3.05, 3.63) is 51.0 Å². The number of aryl methyl sites for hydroxylation is 2. The molecule has 1 aromatic heterocycles. The van der Waals surface area contributed by atoms with Crippen molar-refractivity contribution in [3.8, 4) is 5.75 Å². The second-order valence-electron chi connectivity index (χ2n) is 5.93. The summed E-state index contributed by atoms with van der Waals surface area (Å²) < 4.78 is 18.6. The minimum Gasteiger partial charge on any atom is -0.494 e. The number of methoxy groups -OCH3 is 1. The Hall–Kier alpha value is -2.21. The Morgan fingerprint density at radius 3 is 2.52 bits per heavy atom. The Balaban J connectivity index is 1.90. The maximum absolute atomic E-state index is 13.7. The van der Waals surface area contributed by atoms with E-state index in [1.165, 1.54) is 19.2 Å². The van der Waals surface area contributed by atoms with E-state index in [1.807, 2.05) is 19.9 Å². The average molecular weight is 363 g/mol. The molecule has 25 heavy (non-hydrogen) atoms. The zero-order valence-electron chi connectivity index (χ0n) is 14.8. The second kappa shape index (κ2) is 8.25. The smallest absolute Gasteiger partial charge is 0.220 e. The predicted octanol–water partition coefficient (Wildman–Crippen LogP) is 4.35. The third-order valence-corrected chi connectivity index (χ3v) is 4.94. The van der Waals surface area contributed by atoms with Gasteiger partial charge in [0, 0.05) is 28.2 Å². The van der Waals surface area contributed by atoms with Crippen LogP contribution in [0, 0.1) is 19.7 Å². The lowest BCUT2D eigenvalue weighted by atomic mass is 10.1. The monoisotopic (exact) mass is 363 g/mol. The van der Waals surface area contributed by atoms with E-state index in [-0.39, 0.29) is 36.3 Å². The van der Waals surface area contributed by atoms with Gasteiger partial charge in [0.1, 0.15) is 0 Å². The van der Waals surface area contributed by atoms with Crippen molar-refractivity contribution in [1.29, 1.82) is 0 Å². The van der Waals surface area contributed by atoms with Gasteiger partial charge >= 0.3 is 0 Å². The fourth-order valence-corrected chi connectivity index (χ4v) is 3.56. The molecule has 0 saturated carbocycles. The number of ether oxygens (including phenoxy) is 1. The highest BCUT2D eigenvalue weighted by Gasteiger charge is 2.16. The number of Topliss-reactive ketones (excluding diaryl/α,β-unsaturated/α-hetero) is 1. The third-order valence-electron chi connectivity index (χ3n) is 3.97. The lowest BCUT2D eigenvalue weighted by Crippen LogP contribution is -2.27. The van der Waals surface area contributed by atoms with Gasteiger partial charge in [0.15, 0.2) is 17.3 Å². The molecule has 0 bridgehead atoms. The quantitative estimate of drug-likeness (QED) is 0.744. The lowest BCUT2D eigenvalue weighted by molar-refractivity contribution is -0.121. The number of thiophene rings is 1. The summed E-state index contributed by atoms with van der Waals surface area (Å²) in [6, 6.07) is 6.08. The van der Waals surface area contributed by atoms with E-state index < -0.39 is 5.82 Å². The maximum Gasteiger partial charge on any atom is 0.220 e. The van der Waals surface area contributed by atoms with Gasteiger partial charge in [-0.1, -0.05) is 6.07 Å². The Morgan fingerprint density at radius 2 is 1.96 bits per heavy atom. The van der Waals surface area contributed by atoms with E-state index in [4.69, 9.17) is 4.74 Å². The highest BCUT2D eigenvalue weighted by atomic mass is 32.1. The molecule has 1 unspecified atom stereocenters. The summed E-state index contributed by atoms with van der Waals surface area (Å²) in [4.78, 5) is 26.4. The number of nitrogens with one attached hydrogen (secondary N) is 1. The molecule has 134 valence electrons. The van der Waals surface area contributed by atoms with Crippen LogP contribution in [0.5, 0.6) is 5.75 Å². The van der Waals surface area contributed by atoms with E-state index >= 15 is 0 Å². The highest BCUT2D eigenvalue weighted by molar-refractivity contribution is 7.12. The van der Waals surface area contributed by atoms with Crippen LogP contribution in [0.25, 0.3) is 0 Å². The number of hydrogen-bond acceptors (Lipinski definition) is 4. The summed E-state index contributed by atoms with van der Waals surface area (Å²) >= 11 is 1.58. The van der Waals surface area contributed by atoms with Gasteiger partial charge in [-0.25, -0.2) is 4.39 Å². The zero-order valence-corrected chi connectivity index (χ0v) is 15.6. The van der Waals surface area contributed by atoms with Crippen LogP contribution in [-0.2, 0) is 4.79 Å². The summed E-state index contributed by atoms with van der Waals surface area (Å²) in [7, 11) is 1.40. The molecule has 1 aromatic carbocycles. The minimum absolute atomic E-state index is 0.0276. The summed E-state index contributed by atoms with van der Waals surface area (Å²) in [5.74, 6) is -0.573. The van der Waals surface area contributed by atoms with Crippen LogP contribution in [0.3, 0.4) is 0 Å². The van der Waals surface area contributed by atoms with Crippen LogP contribution in [0.1, 0.15) is 51.5 Å².